The van der Waals surface area contributed by atoms with Crippen molar-refractivity contribution in [2.75, 3.05) is 37.3 Å². The summed E-state index contributed by atoms with van der Waals surface area (Å²) in [5, 5.41) is 20.6. The van der Waals surface area contributed by atoms with Crippen LogP contribution in [0.25, 0.3) is 0 Å². The van der Waals surface area contributed by atoms with Crippen LogP contribution in [-0.2, 0) is 16.0 Å². The molecule has 0 heterocycles. The number of aryl methyl sites for hydroxylation is 1. The van der Waals surface area contributed by atoms with Gasteiger partial charge in [-0.15, -0.1) is 0 Å². The number of benzene rings is 4. The van der Waals surface area contributed by atoms with Crippen LogP contribution >= 0.6 is 0 Å². The van der Waals surface area contributed by atoms with Crippen molar-refractivity contribution in [2.24, 2.45) is 0 Å². The molecule has 12 nitrogen and oxygen atoms in total. The first-order valence-electron chi connectivity index (χ1n) is 14.5. The molecule has 12 heteroatoms. The summed E-state index contributed by atoms with van der Waals surface area (Å²) in [4.78, 5) is 50.0. The quantitative estimate of drug-likeness (QED) is 0.123. The Bertz CT molecular complexity index is 1760. The van der Waals surface area contributed by atoms with Gasteiger partial charge < -0.3 is 40.6 Å². The molecule has 1 unspecified atom stereocenters. The second-order valence-corrected chi connectivity index (χ2v) is 10.5. The van der Waals surface area contributed by atoms with E-state index in [2.05, 4.69) is 21.3 Å². The van der Waals surface area contributed by atoms with Gasteiger partial charge in [-0.1, -0.05) is 36.4 Å². The Morgan fingerprint density at radius 1 is 0.723 bits per heavy atom. The minimum absolute atomic E-state index is 0.0246. The van der Waals surface area contributed by atoms with Crippen LogP contribution in [0.1, 0.15) is 39.5 Å². The van der Waals surface area contributed by atoms with Crippen LogP contribution in [0.2, 0.25) is 0 Å². The molecule has 0 fully saturated rings. The molecular formula is C35H36N4O8. The molecule has 4 amide bonds. The van der Waals surface area contributed by atoms with Gasteiger partial charge >= 0.3 is 12.0 Å². The second kappa shape index (κ2) is 15.8. The molecule has 4 aromatic carbocycles. The van der Waals surface area contributed by atoms with Gasteiger partial charge in [0.05, 0.1) is 45.9 Å². The number of carbonyl (C=O) groups excluding carboxylic acids is 3. The van der Waals surface area contributed by atoms with Gasteiger partial charge in [0.1, 0.15) is 5.75 Å². The van der Waals surface area contributed by atoms with E-state index in [4.69, 9.17) is 14.2 Å². The average Bonchev–Trinajstić information content (AvgIpc) is 3.05. The van der Waals surface area contributed by atoms with Crippen molar-refractivity contribution in [1.82, 2.24) is 5.32 Å². The van der Waals surface area contributed by atoms with E-state index >= 15 is 0 Å². The largest absolute Gasteiger partial charge is 0.495 e. The maximum Gasteiger partial charge on any atom is 0.323 e. The maximum absolute atomic E-state index is 13.0. The Morgan fingerprint density at radius 2 is 1.40 bits per heavy atom. The highest BCUT2D eigenvalue weighted by molar-refractivity contribution is 6.01. The van der Waals surface area contributed by atoms with Crippen LogP contribution in [0.15, 0.2) is 84.9 Å². The van der Waals surface area contributed by atoms with Crippen LogP contribution in [-0.4, -0.2) is 50.3 Å². The zero-order valence-electron chi connectivity index (χ0n) is 26.4. The number of urea groups is 1. The predicted molar refractivity (Wildman–Crippen MR) is 178 cm³/mol. The summed E-state index contributed by atoms with van der Waals surface area (Å²) < 4.78 is 15.9. The van der Waals surface area contributed by atoms with E-state index in [9.17, 15) is 24.3 Å². The minimum atomic E-state index is -1.09. The van der Waals surface area contributed by atoms with Crippen molar-refractivity contribution in [3.8, 4) is 17.2 Å². The Balaban J connectivity index is 1.38. The number of ether oxygens (including phenoxy) is 3. The van der Waals surface area contributed by atoms with Crippen LogP contribution in [0, 0.1) is 6.92 Å². The predicted octanol–water partition coefficient (Wildman–Crippen LogP) is 5.79. The summed E-state index contributed by atoms with van der Waals surface area (Å²) in [6, 6.07) is 22.4. The zero-order valence-corrected chi connectivity index (χ0v) is 26.4. The highest BCUT2D eigenvalue weighted by Crippen LogP contribution is 2.29. The molecule has 0 aliphatic heterocycles. The standard InChI is InChI=1S/C35H36N4O8/c1-21-7-5-6-8-26(21)38-35(44)39-27-15-9-22(17-30(27)46-3)18-32(40)36-25-13-10-23(11-14-25)28(20-33(41)42)37-34(43)24-12-16-29(45-2)31(19-24)47-4/h5-17,19,28H,18,20H2,1-4H3,(H,36,40)(H,37,43)(H,41,42)(H2,38,39,44). The molecule has 0 aliphatic rings. The van der Waals surface area contributed by atoms with Gasteiger partial charge in [0, 0.05) is 16.9 Å². The van der Waals surface area contributed by atoms with Crippen molar-refractivity contribution in [3.05, 3.63) is 107 Å². The number of amides is 4. The summed E-state index contributed by atoms with van der Waals surface area (Å²) >= 11 is 0. The fourth-order valence-corrected chi connectivity index (χ4v) is 4.77. The molecular weight excluding hydrogens is 604 g/mol. The SMILES string of the molecule is COc1cc(CC(=O)Nc2ccc(C(CC(=O)O)NC(=O)c3ccc(OC)c(OC)c3)cc2)ccc1NC(=O)Nc1ccccc1C. The highest BCUT2D eigenvalue weighted by atomic mass is 16.5. The number of anilines is 3. The van der Waals surface area contributed by atoms with Gasteiger partial charge in [-0.2, -0.15) is 0 Å². The second-order valence-electron chi connectivity index (χ2n) is 10.5. The summed E-state index contributed by atoms with van der Waals surface area (Å²) in [6.45, 7) is 1.89. The van der Waals surface area contributed by atoms with Crippen LogP contribution in [0.3, 0.4) is 0 Å². The molecule has 0 bridgehead atoms. The number of hydrogen-bond acceptors (Lipinski definition) is 7. The molecule has 0 saturated carbocycles. The van der Waals surface area contributed by atoms with Crippen LogP contribution < -0.4 is 35.5 Å². The van der Waals surface area contributed by atoms with Crippen molar-refractivity contribution in [3.63, 3.8) is 0 Å². The van der Waals surface area contributed by atoms with Gasteiger partial charge in [0.25, 0.3) is 5.91 Å². The lowest BCUT2D eigenvalue weighted by molar-refractivity contribution is -0.137. The first-order chi connectivity index (χ1) is 22.6. The fraction of sp³-hybridized carbons (Fsp3) is 0.200. The molecule has 0 aliphatic carbocycles. The Labute approximate surface area is 272 Å². The van der Waals surface area contributed by atoms with E-state index in [1.165, 1.54) is 27.4 Å². The van der Waals surface area contributed by atoms with Crippen molar-refractivity contribution >= 4 is 40.9 Å². The Kier molecular flexibility index (Phi) is 11.4. The number of carbonyl (C=O) groups is 4. The molecule has 5 N–H and O–H groups in total. The van der Waals surface area contributed by atoms with Crippen LogP contribution in [0.5, 0.6) is 17.2 Å². The third-order valence-electron chi connectivity index (χ3n) is 7.20. The number of rotatable bonds is 13. The molecule has 4 rings (SSSR count). The monoisotopic (exact) mass is 640 g/mol. The van der Waals surface area contributed by atoms with Crippen molar-refractivity contribution in [2.45, 2.75) is 25.8 Å². The van der Waals surface area contributed by atoms with Gasteiger partial charge in [-0.05, 0) is 72.1 Å². The van der Waals surface area contributed by atoms with Crippen LogP contribution in [0.4, 0.5) is 21.9 Å². The molecule has 1 atom stereocenters. The van der Waals surface area contributed by atoms with Crippen molar-refractivity contribution < 1.29 is 38.5 Å². The summed E-state index contributed by atoms with van der Waals surface area (Å²) in [5.41, 5.74) is 3.99. The molecule has 47 heavy (non-hydrogen) atoms. The van der Waals surface area contributed by atoms with Gasteiger partial charge in [-0.25, -0.2) is 4.79 Å². The van der Waals surface area contributed by atoms with Gasteiger partial charge in [0.15, 0.2) is 11.5 Å². The normalized spacial score (nSPS) is 11.1. The third-order valence-corrected chi connectivity index (χ3v) is 7.20. The molecule has 0 aromatic heterocycles. The molecule has 0 saturated heterocycles. The summed E-state index contributed by atoms with van der Waals surface area (Å²) in [6.07, 6.45) is -0.332. The average molecular weight is 641 g/mol. The molecule has 4 aromatic rings. The number of hydrogen-bond donors (Lipinski definition) is 5. The Morgan fingerprint density at radius 3 is 2.06 bits per heavy atom. The topological polar surface area (TPSA) is 164 Å². The zero-order chi connectivity index (χ0) is 33.9. The number of carboxylic acids is 1. The van der Waals surface area contributed by atoms with E-state index in [0.717, 1.165) is 5.56 Å². The van der Waals surface area contributed by atoms with E-state index in [1.54, 1.807) is 60.7 Å². The highest BCUT2D eigenvalue weighted by Gasteiger charge is 2.20. The summed E-state index contributed by atoms with van der Waals surface area (Å²) in [5.74, 6) is -0.680. The summed E-state index contributed by atoms with van der Waals surface area (Å²) in [7, 11) is 4.41. The fourth-order valence-electron chi connectivity index (χ4n) is 4.77. The molecule has 0 spiro atoms. The van der Waals surface area contributed by atoms with Crippen molar-refractivity contribution in [1.29, 1.82) is 0 Å². The first-order valence-corrected chi connectivity index (χ1v) is 14.5. The lowest BCUT2D eigenvalue weighted by atomic mass is 10.0. The van der Waals surface area contributed by atoms with Gasteiger partial charge in [0.2, 0.25) is 5.91 Å². The minimum Gasteiger partial charge on any atom is -0.495 e. The number of para-hydroxylation sites is 1. The number of nitrogens with one attached hydrogen (secondary N) is 4. The number of methoxy groups -OCH3 is 3. The number of aliphatic carboxylic acids is 1. The number of carboxylic acid groups (broad SMARTS) is 1. The Hall–Kier alpha value is -6.04. The lowest BCUT2D eigenvalue weighted by Crippen LogP contribution is -2.30. The van der Waals surface area contributed by atoms with E-state index in [0.29, 0.717) is 45.4 Å². The lowest BCUT2D eigenvalue weighted by Gasteiger charge is -2.19. The van der Waals surface area contributed by atoms with E-state index < -0.39 is 23.9 Å². The molecule has 0 radical (unpaired) electrons. The van der Waals surface area contributed by atoms with E-state index in [-0.39, 0.29) is 24.3 Å². The third kappa shape index (κ3) is 9.24. The smallest absolute Gasteiger partial charge is 0.323 e. The maximum atomic E-state index is 13.0. The molecule has 244 valence electrons. The van der Waals surface area contributed by atoms with Gasteiger partial charge in [-0.3, -0.25) is 14.4 Å². The first kappa shape index (κ1) is 33.8. The van der Waals surface area contributed by atoms with E-state index in [1.807, 2.05) is 25.1 Å².